The number of carbonyl (C=O) groups is 2. The van der Waals surface area contributed by atoms with Crippen LogP contribution in [0.4, 0.5) is 10.1 Å². The Labute approximate surface area is 116 Å². The molecule has 0 fully saturated rings. The average molecular weight is 280 g/mol. The van der Waals surface area contributed by atoms with E-state index < -0.39 is 23.6 Å². The Morgan fingerprint density at radius 1 is 1.25 bits per heavy atom. The van der Waals surface area contributed by atoms with Gasteiger partial charge in [-0.2, -0.15) is 10.2 Å². The van der Waals surface area contributed by atoms with E-state index in [0.717, 1.165) is 0 Å². The van der Waals surface area contributed by atoms with Gasteiger partial charge in [0.05, 0.1) is 12.3 Å². The molecule has 0 bridgehead atoms. The van der Waals surface area contributed by atoms with Crippen molar-refractivity contribution >= 4 is 17.4 Å². The lowest BCUT2D eigenvalue weighted by Crippen LogP contribution is -2.29. The van der Waals surface area contributed by atoms with Gasteiger partial charge in [0.15, 0.2) is 5.78 Å². The standard InChI is InChI=1S/C14H17FN2O3/c1-9(2)8-20-14(19)13(10(3)18)17-16-12-6-4-11(15)5-7-12/h4-7,9,13H,8H2,1-3H3. The van der Waals surface area contributed by atoms with Gasteiger partial charge in [0.1, 0.15) is 5.82 Å². The van der Waals surface area contributed by atoms with Gasteiger partial charge < -0.3 is 4.74 Å². The molecule has 0 aliphatic carbocycles. The molecule has 6 heteroatoms. The van der Waals surface area contributed by atoms with Crippen LogP contribution in [0.2, 0.25) is 0 Å². The lowest BCUT2D eigenvalue weighted by Gasteiger charge is -2.10. The molecule has 1 rings (SSSR count). The lowest BCUT2D eigenvalue weighted by atomic mass is 10.2. The predicted octanol–water partition coefficient (Wildman–Crippen LogP) is 3.07. The van der Waals surface area contributed by atoms with E-state index in [1.54, 1.807) is 0 Å². The maximum atomic E-state index is 12.7. The molecule has 0 aliphatic heterocycles. The number of carbonyl (C=O) groups excluding carboxylic acids is 2. The number of esters is 1. The number of hydrogen-bond acceptors (Lipinski definition) is 5. The molecule has 0 N–H and O–H groups in total. The molecule has 1 aromatic rings. The van der Waals surface area contributed by atoms with E-state index in [4.69, 9.17) is 4.74 Å². The Morgan fingerprint density at radius 2 is 1.85 bits per heavy atom. The minimum atomic E-state index is -1.28. The van der Waals surface area contributed by atoms with Crippen molar-refractivity contribution < 1.29 is 18.7 Å². The smallest absolute Gasteiger partial charge is 0.340 e. The molecule has 20 heavy (non-hydrogen) atoms. The van der Waals surface area contributed by atoms with Crippen molar-refractivity contribution in [1.29, 1.82) is 0 Å². The Bertz CT molecular complexity index is 498. The fraction of sp³-hybridized carbons (Fsp3) is 0.429. The van der Waals surface area contributed by atoms with Crippen LogP contribution < -0.4 is 0 Å². The largest absolute Gasteiger partial charge is 0.463 e. The van der Waals surface area contributed by atoms with Gasteiger partial charge >= 0.3 is 5.97 Å². The van der Waals surface area contributed by atoms with Gasteiger partial charge in [0.2, 0.25) is 6.04 Å². The van der Waals surface area contributed by atoms with E-state index in [9.17, 15) is 14.0 Å². The zero-order valence-electron chi connectivity index (χ0n) is 11.7. The molecule has 0 radical (unpaired) electrons. The van der Waals surface area contributed by atoms with E-state index in [-0.39, 0.29) is 12.5 Å². The first-order valence-corrected chi connectivity index (χ1v) is 6.23. The van der Waals surface area contributed by atoms with Crippen molar-refractivity contribution in [3.63, 3.8) is 0 Å². The van der Waals surface area contributed by atoms with Crippen LogP contribution in [0.3, 0.4) is 0 Å². The number of azo groups is 1. The molecule has 108 valence electrons. The second kappa shape index (κ2) is 7.47. The molecular formula is C14H17FN2O3. The quantitative estimate of drug-likeness (QED) is 0.457. The van der Waals surface area contributed by atoms with E-state index in [2.05, 4.69) is 10.2 Å². The number of ether oxygens (including phenoxy) is 1. The van der Waals surface area contributed by atoms with Crippen LogP contribution in [0.1, 0.15) is 20.8 Å². The van der Waals surface area contributed by atoms with Crippen LogP contribution in [0.25, 0.3) is 0 Å². The minimum absolute atomic E-state index is 0.167. The highest BCUT2D eigenvalue weighted by atomic mass is 19.1. The van der Waals surface area contributed by atoms with Crippen LogP contribution >= 0.6 is 0 Å². The summed E-state index contributed by atoms with van der Waals surface area (Å²) in [5.41, 5.74) is 0.356. The number of nitrogens with zero attached hydrogens (tertiary/aromatic N) is 2. The maximum Gasteiger partial charge on any atom is 0.340 e. The summed E-state index contributed by atoms with van der Waals surface area (Å²) in [5, 5.41) is 7.43. The van der Waals surface area contributed by atoms with Crippen molar-refractivity contribution in [2.24, 2.45) is 16.1 Å². The molecule has 1 aromatic carbocycles. The molecule has 0 spiro atoms. The highest BCUT2D eigenvalue weighted by Crippen LogP contribution is 2.14. The number of Topliss-reactive ketones (excluding diaryl/α,β-unsaturated/α-hetero) is 1. The van der Waals surface area contributed by atoms with E-state index >= 15 is 0 Å². The second-order valence-corrected chi connectivity index (χ2v) is 4.73. The number of benzene rings is 1. The number of ketones is 1. The summed E-state index contributed by atoms with van der Waals surface area (Å²) in [5.74, 6) is -1.41. The molecule has 1 atom stereocenters. The number of hydrogen-bond donors (Lipinski definition) is 0. The first kappa shape index (κ1) is 15.9. The van der Waals surface area contributed by atoms with Crippen molar-refractivity contribution in [2.75, 3.05) is 6.61 Å². The van der Waals surface area contributed by atoms with Gasteiger partial charge in [0.25, 0.3) is 0 Å². The van der Waals surface area contributed by atoms with Crippen molar-refractivity contribution in [3.05, 3.63) is 30.1 Å². The van der Waals surface area contributed by atoms with Gasteiger partial charge in [-0.3, -0.25) is 4.79 Å². The van der Waals surface area contributed by atoms with Crippen LogP contribution in [-0.2, 0) is 14.3 Å². The first-order valence-electron chi connectivity index (χ1n) is 6.23. The molecule has 0 aliphatic rings. The molecule has 5 nitrogen and oxygen atoms in total. The Balaban J connectivity index is 2.74. The third-order valence-corrected chi connectivity index (χ3v) is 2.28. The summed E-state index contributed by atoms with van der Waals surface area (Å²) >= 11 is 0. The van der Waals surface area contributed by atoms with Gasteiger partial charge in [-0.15, -0.1) is 0 Å². The van der Waals surface area contributed by atoms with Crippen molar-refractivity contribution in [2.45, 2.75) is 26.8 Å². The van der Waals surface area contributed by atoms with Gasteiger partial charge in [-0.1, -0.05) is 13.8 Å². The normalized spacial score (nSPS) is 12.7. The topological polar surface area (TPSA) is 68.1 Å². The molecule has 0 saturated carbocycles. The summed E-state index contributed by atoms with van der Waals surface area (Å²) in [6.07, 6.45) is 0. The zero-order valence-corrected chi connectivity index (χ0v) is 11.7. The predicted molar refractivity (Wildman–Crippen MR) is 71.2 cm³/mol. The number of rotatable bonds is 6. The fourth-order valence-electron chi connectivity index (χ4n) is 1.25. The molecule has 1 unspecified atom stereocenters. The third-order valence-electron chi connectivity index (χ3n) is 2.28. The highest BCUT2D eigenvalue weighted by molar-refractivity contribution is 6.02. The second-order valence-electron chi connectivity index (χ2n) is 4.73. The summed E-state index contributed by atoms with van der Waals surface area (Å²) in [7, 11) is 0. The highest BCUT2D eigenvalue weighted by Gasteiger charge is 2.24. The van der Waals surface area contributed by atoms with E-state index in [1.165, 1.54) is 31.2 Å². The van der Waals surface area contributed by atoms with E-state index in [0.29, 0.717) is 5.69 Å². The lowest BCUT2D eigenvalue weighted by molar-refractivity contribution is -0.148. The van der Waals surface area contributed by atoms with E-state index in [1.807, 2.05) is 13.8 Å². The Morgan fingerprint density at radius 3 is 2.35 bits per heavy atom. The van der Waals surface area contributed by atoms with Crippen LogP contribution in [0.15, 0.2) is 34.5 Å². The number of halogens is 1. The van der Waals surface area contributed by atoms with Gasteiger partial charge in [-0.25, -0.2) is 9.18 Å². The van der Waals surface area contributed by atoms with Crippen LogP contribution in [-0.4, -0.2) is 24.4 Å². The summed E-state index contributed by atoms with van der Waals surface area (Å²) < 4.78 is 17.7. The van der Waals surface area contributed by atoms with Gasteiger partial charge in [0, 0.05) is 0 Å². The third kappa shape index (κ3) is 5.26. The molecule has 0 heterocycles. The average Bonchev–Trinajstić information content (AvgIpc) is 2.38. The minimum Gasteiger partial charge on any atom is -0.463 e. The summed E-state index contributed by atoms with van der Waals surface area (Å²) in [6, 6.07) is 3.95. The van der Waals surface area contributed by atoms with Crippen LogP contribution in [0, 0.1) is 11.7 Å². The van der Waals surface area contributed by atoms with Gasteiger partial charge in [-0.05, 0) is 37.1 Å². The van der Waals surface area contributed by atoms with Crippen molar-refractivity contribution in [1.82, 2.24) is 0 Å². The fourth-order valence-corrected chi connectivity index (χ4v) is 1.25. The zero-order chi connectivity index (χ0) is 15.1. The summed E-state index contributed by atoms with van der Waals surface area (Å²) in [6.45, 7) is 5.23. The molecule has 0 aromatic heterocycles. The maximum absolute atomic E-state index is 12.7. The van der Waals surface area contributed by atoms with Crippen molar-refractivity contribution in [3.8, 4) is 0 Å². The molecular weight excluding hydrogens is 263 g/mol. The van der Waals surface area contributed by atoms with Crippen LogP contribution in [0.5, 0.6) is 0 Å². The Kier molecular flexibility index (Phi) is 5.96. The summed E-state index contributed by atoms with van der Waals surface area (Å²) in [4.78, 5) is 23.1. The first-order chi connectivity index (χ1) is 9.40. The SMILES string of the molecule is CC(=O)C(N=Nc1ccc(F)cc1)C(=O)OCC(C)C. The molecule has 0 amide bonds. The Hall–Kier alpha value is -2.11. The monoisotopic (exact) mass is 280 g/mol. The molecule has 0 saturated heterocycles.